The van der Waals surface area contributed by atoms with Crippen LogP contribution in [0.15, 0.2) is 42.9 Å². The first-order chi connectivity index (χ1) is 14.3. The minimum Gasteiger partial charge on any atom is -0.497 e. The van der Waals surface area contributed by atoms with Crippen LogP contribution in [0.1, 0.15) is 18.9 Å². The SMILES string of the molecule is COc1ccc(-n2nnc3cnc(Nc4cnn(C5CCNCC5)c4)nc32)cc1. The summed E-state index contributed by atoms with van der Waals surface area (Å²) in [6, 6.07) is 7.99. The molecule has 0 amide bonds. The average molecular weight is 391 g/mol. The molecule has 2 N–H and O–H groups in total. The van der Waals surface area contributed by atoms with Crippen LogP contribution in [0.25, 0.3) is 16.9 Å². The number of aromatic nitrogens is 7. The van der Waals surface area contributed by atoms with Crippen molar-refractivity contribution >= 4 is 22.8 Å². The van der Waals surface area contributed by atoms with Gasteiger partial charge in [0.05, 0.1) is 36.9 Å². The lowest BCUT2D eigenvalue weighted by atomic mass is 10.1. The van der Waals surface area contributed by atoms with E-state index in [1.165, 1.54) is 0 Å². The van der Waals surface area contributed by atoms with Gasteiger partial charge >= 0.3 is 0 Å². The van der Waals surface area contributed by atoms with Crippen molar-refractivity contribution in [1.29, 1.82) is 0 Å². The summed E-state index contributed by atoms with van der Waals surface area (Å²) in [6.45, 7) is 2.05. The van der Waals surface area contributed by atoms with E-state index in [4.69, 9.17) is 4.74 Å². The topological polar surface area (TPSA) is 108 Å². The molecule has 1 saturated heterocycles. The van der Waals surface area contributed by atoms with Crippen LogP contribution in [0.2, 0.25) is 0 Å². The Morgan fingerprint density at radius 2 is 1.97 bits per heavy atom. The van der Waals surface area contributed by atoms with Gasteiger partial charge in [0, 0.05) is 6.20 Å². The van der Waals surface area contributed by atoms with Gasteiger partial charge in [0.25, 0.3) is 0 Å². The maximum absolute atomic E-state index is 5.21. The molecule has 4 heterocycles. The predicted molar refractivity (Wildman–Crippen MR) is 108 cm³/mol. The molecule has 10 nitrogen and oxygen atoms in total. The summed E-state index contributed by atoms with van der Waals surface area (Å²) in [5, 5.41) is 19.5. The molecule has 1 fully saturated rings. The fourth-order valence-corrected chi connectivity index (χ4v) is 3.49. The van der Waals surface area contributed by atoms with E-state index in [9.17, 15) is 0 Å². The van der Waals surface area contributed by atoms with Crippen molar-refractivity contribution in [3.8, 4) is 11.4 Å². The van der Waals surface area contributed by atoms with Crippen LogP contribution >= 0.6 is 0 Å². The van der Waals surface area contributed by atoms with Gasteiger partial charge in [0.2, 0.25) is 5.95 Å². The van der Waals surface area contributed by atoms with Gasteiger partial charge < -0.3 is 15.4 Å². The molecule has 1 aliphatic heterocycles. The number of piperidine rings is 1. The number of ether oxygens (including phenoxy) is 1. The van der Waals surface area contributed by atoms with Gasteiger partial charge in [-0.05, 0) is 50.2 Å². The monoisotopic (exact) mass is 391 g/mol. The van der Waals surface area contributed by atoms with Crippen molar-refractivity contribution in [3.63, 3.8) is 0 Å². The summed E-state index contributed by atoms with van der Waals surface area (Å²) >= 11 is 0. The molecule has 0 bridgehead atoms. The molecule has 1 aromatic carbocycles. The number of anilines is 2. The molecule has 1 aliphatic rings. The van der Waals surface area contributed by atoms with Crippen molar-refractivity contribution < 1.29 is 4.74 Å². The Hall–Kier alpha value is -3.53. The highest BCUT2D eigenvalue weighted by Gasteiger charge is 2.16. The van der Waals surface area contributed by atoms with Crippen LogP contribution in [-0.2, 0) is 0 Å². The first kappa shape index (κ1) is 17.6. The summed E-state index contributed by atoms with van der Waals surface area (Å²) in [7, 11) is 1.64. The van der Waals surface area contributed by atoms with Gasteiger partial charge in [0.1, 0.15) is 5.75 Å². The molecule has 0 aliphatic carbocycles. The Labute approximate surface area is 166 Å². The zero-order chi connectivity index (χ0) is 19.6. The minimum atomic E-state index is 0.427. The fourth-order valence-electron chi connectivity index (χ4n) is 3.49. The third-order valence-corrected chi connectivity index (χ3v) is 5.05. The van der Waals surface area contributed by atoms with Crippen LogP contribution in [0.5, 0.6) is 5.75 Å². The summed E-state index contributed by atoms with van der Waals surface area (Å²) in [6.07, 6.45) is 7.62. The normalized spacial score (nSPS) is 14.9. The first-order valence-corrected chi connectivity index (χ1v) is 9.55. The van der Waals surface area contributed by atoms with E-state index in [2.05, 4.69) is 36.0 Å². The lowest BCUT2D eigenvalue weighted by molar-refractivity contribution is 0.343. The minimum absolute atomic E-state index is 0.427. The van der Waals surface area contributed by atoms with Gasteiger partial charge in [0.15, 0.2) is 11.2 Å². The number of benzene rings is 1. The molecule has 29 heavy (non-hydrogen) atoms. The van der Waals surface area contributed by atoms with E-state index < -0.39 is 0 Å². The largest absolute Gasteiger partial charge is 0.497 e. The molecular weight excluding hydrogens is 370 g/mol. The summed E-state index contributed by atoms with van der Waals surface area (Å²) in [4.78, 5) is 8.96. The van der Waals surface area contributed by atoms with Crippen molar-refractivity contribution in [3.05, 3.63) is 42.9 Å². The first-order valence-electron chi connectivity index (χ1n) is 9.55. The van der Waals surface area contributed by atoms with Gasteiger partial charge in [-0.25, -0.2) is 4.98 Å². The molecule has 0 radical (unpaired) electrons. The molecule has 0 saturated carbocycles. The Morgan fingerprint density at radius 3 is 2.76 bits per heavy atom. The predicted octanol–water partition coefficient (Wildman–Crippen LogP) is 2.08. The highest BCUT2D eigenvalue weighted by atomic mass is 16.5. The van der Waals surface area contributed by atoms with Crippen molar-refractivity contribution in [2.45, 2.75) is 18.9 Å². The molecule has 0 atom stereocenters. The lowest BCUT2D eigenvalue weighted by Gasteiger charge is -2.22. The van der Waals surface area contributed by atoms with Gasteiger partial charge in [-0.2, -0.15) is 14.8 Å². The number of rotatable bonds is 5. The van der Waals surface area contributed by atoms with Crippen LogP contribution < -0.4 is 15.4 Å². The van der Waals surface area contributed by atoms with Gasteiger partial charge in [-0.1, -0.05) is 5.21 Å². The molecule has 5 rings (SSSR count). The highest BCUT2D eigenvalue weighted by molar-refractivity contribution is 5.72. The number of methoxy groups -OCH3 is 1. The maximum Gasteiger partial charge on any atom is 0.229 e. The van der Waals surface area contributed by atoms with Crippen molar-refractivity contribution in [2.75, 3.05) is 25.5 Å². The van der Waals surface area contributed by atoms with E-state index in [-0.39, 0.29) is 0 Å². The van der Waals surface area contributed by atoms with E-state index >= 15 is 0 Å². The summed E-state index contributed by atoms with van der Waals surface area (Å²) in [5.74, 6) is 1.25. The number of nitrogens with one attached hydrogen (secondary N) is 2. The number of hydrogen-bond donors (Lipinski definition) is 2. The van der Waals surface area contributed by atoms with E-state index in [0.29, 0.717) is 23.2 Å². The second-order valence-electron chi connectivity index (χ2n) is 6.92. The molecule has 3 aromatic heterocycles. The van der Waals surface area contributed by atoms with Crippen molar-refractivity contribution in [1.82, 2.24) is 40.1 Å². The Kier molecular flexibility index (Phi) is 4.53. The Balaban J connectivity index is 1.40. The lowest BCUT2D eigenvalue weighted by Crippen LogP contribution is -2.29. The second-order valence-corrected chi connectivity index (χ2v) is 6.92. The van der Waals surface area contributed by atoms with Crippen LogP contribution in [0, 0.1) is 0 Å². The van der Waals surface area contributed by atoms with Gasteiger partial charge in [-0.15, -0.1) is 5.10 Å². The van der Waals surface area contributed by atoms with Crippen LogP contribution in [-0.4, -0.2) is 54.9 Å². The second kappa shape index (κ2) is 7.47. The molecule has 10 heteroatoms. The standard InChI is InChI=1S/C19H21N9O/c1-29-16-4-2-15(3-5-16)28-18-17(25-26-28)11-21-19(24-18)23-13-10-22-27(12-13)14-6-8-20-9-7-14/h2-5,10-12,14,20H,6-9H2,1H3,(H,21,23,24). The Morgan fingerprint density at radius 1 is 1.14 bits per heavy atom. The Bertz CT molecular complexity index is 1110. The number of hydrogen-bond acceptors (Lipinski definition) is 8. The molecule has 0 unspecified atom stereocenters. The summed E-state index contributed by atoms with van der Waals surface area (Å²) < 4.78 is 8.91. The van der Waals surface area contributed by atoms with E-state index in [1.54, 1.807) is 24.2 Å². The molecule has 0 spiro atoms. The molecule has 148 valence electrons. The highest BCUT2D eigenvalue weighted by Crippen LogP contribution is 2.22. The zero-order valence-electron chi connectivity index (χ0n) is 16.0. The van der Waals surface area contributed by atoms with Gasteiger partial charge in [-0.3, -0.25) is 4.68 Å². The molecular formula is C19H21N9O. The fraction of sp³-hybridized carbons (Fsp3) is 0.316. The average Bonchev–Trinajstić information content (AvgIpc) is 3.41. The maximum atomic E-state index is 5.21. The third-order valence-electron chi connectivity index (χ3n) is 5.05. The summed E-state index contributed by atoms with van der Waals surface area (Å²) in [5.41, 5.74) is 2.94. The quantitative estimate of drug-likeness (QED) is 0.532. The molecule has 4 aromatic rings. The van der Waals surface area contributed by atoms with Crippen molar-refractivity contribution in [2.24, 2.45) is 0 Å². The zero-order valence-corrected chi connectivity index (χ0v) is 16.0. The van der Waals surface area contributed by atoms with Crippen LogP contribution in [0.4, 0.5) is 11.6 Å². The van der Waals surface area contributed by atoms with E-state index in [0.717, 1.165) is 43.1 Å². The smallest absolute Gasteiger partial charge is 0.229 e. The third kappa shape index (κ3) is 3.49. The van der Waals surface area contributed by atoms with Crippen LogP contribution in [0.3, 0.4) is 0 Å². The van der Waals surface area contributed by atoms with E-state index in [1.807, 2.05) is 35.1 Å². The number of nitrogens with zero attached hydrogens (tertiary/aromatic N) is 7. The number of fused-ring (bicyclic) bond motifs is 1.